The highest BCUT2D eigenvalue weighted by atomic mass is 15.1. The summed E-state index contributed by atoms with van der Waals surface area (Å²) in [5, 5.41) is 2.56. The monoisotopic (exact) mass is 860 g/mol. The first-order chi connectivity index (χ1) is 32.7. The highest BCUT2D eigenvalue weighted by molar-refractivity contribution is 6.13. The Labute approximate surface area is 393 Å². The SMILES string of the molecule is CC1(C)c2ccccc2-c2ccc(N(c3ccc(-c4ccc5c(c4)c4cc6c(cc4n5-c4ccccc4)C(C)(C)c4ccccc4-6)cc3)c3ccc4c(c3)C3(CCCC3)c3ccccc3-4)cc21. The number of para-hydroxylation sites is 1. The molecule has 4 aliphatic rings. The van der Waals surface area contributed by atoms with Crippen molar-refractivity contribution < 1.29 is 0 Å². The highest BCUT2D eigenvalue weighted by Gasteiger charge is 2.45. The molecule has 0 amide bonds. The molecule has 67 heavy (non-hydrogen) atoms. The number of aromatic nitrogens is 1. The Morgan fingerprint density at radius 2 is 0.851 bits per heavy atom. The molecule has 1 saturated carbocycles. The molecule has 322 valence electrons. The van der Waals surface area contributed by atoms with Gasteiger partial charge in [-0.25, -0.2) is 0 Å². The molecule has 0 N–H and O–H groups in total. The molecule has 14 rings (SSSR count). The van der Waals surface area contributed by atoms with Crippen molar-refractivity contribution in [2.45, 2.75) is 69.6 Å². The van der Waals surface area contributed by atoms with E-state index in [4.69, 9.17) is 0 Å². The number of benzene rings is 9. The van der Waals surface area contributed by atoms with E-state index in [-0.39, 0.29) is 16.2 Å². The maximum Gasteiger partial charge on any atom is 0.0544 e. The van der Waals surface area contributed by atoms with Gasteiger partial charge in [0.15, 0.2) is 0 Å². The fraction of sp³-hybridized carbons (Fsp3) is 0.169. The van der Waals surface area contributed by atoms with Gasteiger partial charge < -0.3 is 9.47 Å². The fourth-order valence-corrected chi connectivity index (χ4v) is 13.4. The molecule has 9 aromatic carbocycles. The zero-order valence-electron chi connectivity index (χ0n) is 38.7. The molecule has 1 heterocycles. The molecule has 10 aromatic rings. The predicted octanol–water partition coefficient (Wildman–Crippen LogP) is 17.4. The normalized spacial score (nSPS) is 16.2. The molecule has 0 bridgehead atoms. The first-order valence-electron chi connectivity index (χ1n) is 24.4. The maximum absolute atomic E-state index is 2.55. The standard InChI is InChI=1S/C65H52N2/c1-63(2)55-21-11-8-18-47(55)50-31-29-45(37-58(50)63)66(46-30-32-51-48-19-10-13-23-57(48)65(60(51)38-46)34-14-15-35-65)44-27-24-41(25-28-44)42-26-33-61-53(36-42)54-39-52-49-20-9-12-22-56(49)64(3,4)59(52)40-62(54)67(61)43-16-6-5-7-17-43/h5-13,16-33,36-40H,14-15,34-35H2,1-4H3. The summed E-state index contributed by atoms with van der Waals surface area (Å²) in [5.41, 5.74) is 26.4. The second kappa shape index (κ2) is 13.8. The van der Waals surface area contributed by atoms with E-state index in [1.165, 1.54) is 142 Å². The lowest BCUT2D eigenvalue weighted by Gasteiger charge is -2.31. The summed E-state index contributed by atoms with van der Waals surface area (Å²) in [4.78, 5) is 2.52. The Morgan fingerprint density at radius 1 is 0.358 bits per heavy atom. The average molecular weight is 861 g/mol. The second-order valence-corrected chi connectivity index (χ2v) is 20.8. The quantitative estimate of drug-likeness (QED) is 0.167. The number of fused-ring (bicyclic) bond motifs is 14. The zero-order chi connectivity index (χ0) is 44.8. The topological polar surface area (TPSA) is 8.17 Å². The van der Waals surface area contributed by atoms with Crippen LogP contribution >= 0.6 is 0 Å². The first-order valence-corrected chi connectivity index (χ1v) is 24.4. The Bertz CT molecular complexity index is 3690. The first kappa shape index (κ1) is 38.8. The lowest BCUT2D eigenvalue weighted by atomic mass is 9.76. The van der Waals surface area contributed by atoms with Crippen LogP contribution in [0.15, 0.2) is 194 Å². The third kappa shape index (κ3) is 5.33. The van der Waals surface area contributed by atoms with Crippen molar-refractivity contribution in [1.29, 1.82) is 0 Å². The van der Waals surface area contributed by atoms with E-state index >= 15 is 0 Å². The summed E-state index contributed by atoms with van der Waals surface area (Å²) in [5.74, 6) is 0. The van der Waals surface area contributed by atoms with Crippen molar-refractivity contribution in [2.75, 3.05) is 4.90 Å². The second-order valence-electron chi connectivity index (χ2n) is 20.8. The molecule has 0 saturated heterocycles. The summed E-state index contributed by atoms with van der Waals surface area (Å²) in [6.07, 6.45) is 4.97. The number of hydrogen-bond acceptors (Lipinski definition) is 1. The van der Waals surface area contributed by atoms with E-state index in [1.807, 2.05) is 0 Å². The van der Waals surface area contributed by atoms with E-state index in [0.717, 1.165) is 5.69 Å². The van der Waals surface area contributed by atoms with Crippen molar-refractivity contribution in [1.82, 2.24) is 4.57 Å². The van der Waals surface area contributed by atoms with Gasteiger partial charge >= 0.3 is 0 Å². The molecule has 1 spiro atoms. The number of nitrogens with zero attached hydrogens (tertiary/aromatic N) is 2. The van der Waals surface area contributed by atoms with Gasteiger partial charge in [0.25, 0.3) is 0 Å². The third-order valence-electron chi connectivity index (χ3n) is 16.7. The van der Waals surface area contributed by atoms with Crippen LogP contribution in [0.1, 0.15) is 86.8 Å². The minimum Gasteiger partial charge on any atom is -0.310 e. The van der Waals surface area contributed by atoms with E-state index in [2.05, 4.69) is 231 Å². The van der Waals surface area contributed by atoms with Crippen molar-refractivity contribution in [3.63, 3.8) is 0 Å². The molecule has 4 aliphatic carbocycles. The van der Waals surface area contributed by atoms with Crippen LogP contribution in [0, 0.1) is 0 Å². The maximum atomic E-state index is 2.55. The van der Waals surface area contributed by atoms with E-state index < -0.39 is 0 Å². The minimum atomic E-state index is -0.104. The molecule has 0 atom stereocenters. The van der Waals surface area contributed by atoms with Gasteiger partial charge in [-0.1, -0.05) is 162 Å². The number of hydrogen-bond donors (Lipinski definition) is 0. The van der Waals surface area contributed by atoms with Crippen LogP contribution in [0.3, 0.4) is 0 Å². The van der Waals surface area contributed by atoms with E-state index in [1.54, 1.807) is 0 Å². The summed E-state index contributed by atoms with van der Waals surface area (Å²) in [7, 11) is 0. The molecule has 0 unspecified atom stereocenters. The Hall–Kier alpha value is -7.42. The molecule has 0 aliphatic heterocycles. The van der Waals surface area contributed by atoms with Crippen molar-refractivity contribution in [3.05, 3.63) is 228 Å². The Kier molecular flexibility index (Phi) is 8.00. The van der Waals surface area contributed by atoms with E-state index in [0.29, 0.717) is 0 Å². The molecular formula is C65H52N2. The Balaban J connectivity index is 0.919. The molecule has 2 heteroatoms. The van der Waals surface area contributed by atoms with Crippen LogP contribution in [0.25, 0.3) is 72.0 Å². The fourth-order valence-electron chi connectivity index (χ4n) is 13.4. The predicted molar refractivity (Wildman–Crippen MR) is 281 cm³/mol. The third-order valence-corrected chi connectivity index (χ3v) is 16.7. The smallest absolute Gasteiger partial charge is 0.0544 e. The van der Waals surface area contributed by atoms with Gasteiger partial charge in [0, 0.05) is 49.8 Å². The van der Waals surface area contributed by atoms with Gasteiger partial charge in [-0.2, -0.15) is 0 Å². The van der Waals surface area contributed by atoms with Crippen LogP contribution in [0.5, 0.6) is 0 Å². The molecule has 1 aromatic heterocycles. The lowest BCUT2D eigenvalue weighted by Crippen LogP contribution is -2.21. The number of rotatable bonds is 5. The largest absolute Gasteiger partial charge is 0.310 e. The molecule has 0 radical (unpaired) electrons. The summed E-state index contributed by atoms with van der Waals surface area (Å²) in [6, 6.07) is 74.0. The molecular weight excluding hydrogens is 809 g/mol. The highest BCUT2D eigenvalue weighted by Crippen LogP contribution is 2.59. The van der Waals surface area contributed by atoms with Crippen LogP contribution in [-0.2, 0) is 16.2 Å². The molecule has 1 fully saturated rings. The zero-order valence-corrected chi connectivity index (χ0v) is 38.7. The van der Waals surface area contributed by atoms with Gasteiger partial charge in [0.05, 0.1) is 11.0 Å². The van der Waals surface area contributed by atoms with Gasteiger partial charge in [0.2, 0.25) is 0 Å². The number of anilines is 3. The van der Waals surface area contributed by atoms with Crippen LogP contribution in [0.2, 0.25) is 0 Å². The Morgan fingerprint density at radius 3 is 1.52 bits per heavy atom. The summed E-state index contributed by atoms with van der Waals surface area (Å²) < 4.78 is 2.47. The van der Waals surface area contributed by atoms with Gasteiger partial charge in [-0.3, -0.25) is 0 Å². The minimum absolute atomic E-state index is 0.0808. The summed E-state index contributed by atoms with van der Waals surface area (Å²) >= 11 is 0. The van der Waals surface area contributed by atoms with Gasteiger partial charge in [0.1, 0.15) is 0 Å². The average Bonchev–Trinajstić information content (AvgIpc) is 4.15. The molecule has 2 nitrogen and oxygen atoms in total. The van der Waals surface area contributed by atoms with Crippen molar-refractivity contribution >= 4 is 38.9 Å². The summed E-state index contributed by atoms with van der Waals surface area (Å²) in [6.45, 7) is 9.53. The van der Waals surface area contributed by atoms with Crippen LogP contribution in [0.4, 0.5) is 17.1 Å². The van der Waals surface area contributed by atoms with Crippen LogP contribution in [-0.4, -0.2) is 4.57 Å². The van der Waals surface area contributed by atoms with Crippen molar-refractivity contribution in [3.8, 4) is 50.2 Å². The van der Waals surface area contributed by atoms with E-state index in [9.17, 15) is 0 Å². The van der Waals surface area contributed by atoms with Crippen molar-refractivity contribution in [2.24, 2.45) is 0 Å². The van der Waals surface area contributed by atoms with Gasteiger partial charge in [-0.05, 0) is 164 Å². The lowest BCUT2D eigenvalue weighted by molar-refractivity contribution is 0.550. The van der Waals surface area contributed by atoms with Gasteiger partial charge in [-0.15, -0.1) is 0 Å². The van der Waals surface area contributed by atoms with Crippen LogP contribution < -0.4 is 4.90 Å².